The minimum atomic E-state index is -0.561. The number of halogens is 2. The number of anilines is 2. The van der Waals surface area contributed by atoms with Crippen LogP contribution in [0.2, 0.25) is 0 Å². The zero-order chi connectivity index (χ0) is 21.3. The van der Waals surface area contributed by atoms with E-state index in [1.54, 1.807) is 6.07 Å². The van der Waals surface area contributed by atoms with Crippen molar-refractivity contribution in [1.29, 1.82) is 0 Å². The van der Waals surface area contributed by atoms with Gasteiger partial charge in [-0.05, 0) is 24.7 Å². The molecule has 3 aromatic rings. The second-order valence-corrected chi connectivity index (χ2v) is 8.81. The molecule has 1 saturated heterocycles. The van der Waals surface area contributed by atoms with E-state index in [1.165, 1.54) is 34.4 Å². The number of carbonyl (C=O) groups excluding carboxylic acids is 1. The summed E-state index contributed by atoms with van der Waals surface area (Å²) in [4.78, 5) is 38.4. The van der Waals surface area contributed by atoms with Crippen LogP contribution in [0.5, 0.6) is 0 Å². The summed E-state index contributed by atoms with van der Waals surface area (Å²) in [7, 11) is 0. The summed E-state index contributed by atoms with van der Waals surface area (Å²) in [6.07, 6.45) is 1.31. The Balaban J connectivity index is 1.50. The molecular weight excluding hydrogens is 475 g/mol. The lowest BCUT2D eigenvalue weighted by Gasteiger charge is -2.33. The van der Waals surface area contributed by atoms with Gasteiger partial charge in [0.15, 0.2) is 10.8 Å². The predicted molar refractivity (Wildman–Crippen MR) is 119 cm³/mol. The SMILES string of the molecule is CCN1CCN(c2nc3ncn(CC(=O)Nc4ccc(Br)cc4F)c(=O)c3s2)CC1. The van der Waals surface area contributed by atoms with Gasteiger partial charge in [-0.25, -0.2) is 9.37 Å². The van der Waals surface area contributed by atoms with Gasteiger partial charge in [0.2, 0.25) is 5.91 Å². The fraction of sp³-hybridized carbons (Fsp3) is 0.368. The number of carbonyl (C=O) groups is 1. The van der Waals surface area contributed by atoms with Crippen LogP contribution in [0.25, 0.3) is 10.3 Å². The third-order valence-electron chi connectivity index (χ3n) is 4.98. The molecule has 0 spiro atoms. The van der Waals surface area contributed by atoms with Gasteiger partial charge in [-0.1, -0.05) is 34.2 Å². The maximum Gasteiger partial charge on any atom is 0.273 e. The van der Waals surface area contributed by atoms with Gasteiger partial charge in [-0.3, -0.25) is 14.2 Å². The van der Waals surface area contributed by atoms with Crippen LogP contribution in [0.15, 0.2) is 33.8 Å². The summed E-state index contributed by atoms with van der Waals surface area (Å²) in [5.74, 6) is -1.08. The summed E-state index contributed by atoms with van der Waals surface area (Å²) in [6, 6.07) is 4.33. The van der Waals surface area contributed by atoms with Crippen molar-refractivity contribution in [3.05, 3.63) is 45.2 Å². The highest BCUT2D eigenvalue weighted by molar-refractivity contribution is 9.10. The third-order valence-corrected chi connectivity index (χ3v) is 6.57. The van der Waals surface area contributed by atoms with Crippen molar-refractivity contribution < 1.29 is 9.18 Å². The second kappa shape index (κ2) is 8.78. The van der Waals surface area contributed by atoms with Crippen molar-refractivity contribution in [2.24, 2.45) is 0 Å². The maximum absolute atomic E-state index is 13.9. The molecule has 1 aromatic carbocycles. The molecule has 1 aliphatic rings. The Morgan fingerprint density at radius 2 is 2.07 bits per heavy atom. The number of nitrogens with one attached hydrogen (secondary N) is 1. The van der Waals surface area contributed by atoms with E-state index in [2.05, 4.69) is 47.9 Å². The van der Waals surface area contributed by atoms with Gasteiger partial charge in [0, 0.05) is 30.7 Å². The number of benzene rings is 1. The molecule has 0 radical (unpaired) electrons. The van der Waals surface area contributed by atoms with Gasteiger partial charge in [0.25, 0.3) is 5.56 Å². The van der Waals surface area contributed by atoms with Crippen LogP contribution in [-0.2, 0) is 11.3 Å². The number of rotatable bonds is 5. The minimum absolute atomic E-state index is 0.0524. The molecule has 0 atom stereocenters. The molecule has 3 heterocycles. The number of amides is 1. The number of nitrogens with zero attached hydrogens (tertiary/aromatic N) is 5. The number of hydrogen-bond donors (Lipinski definition) is 1. The molecule has 1 N–H and O–H groups in total. The molecule has 0 bridgehead atoms. The molecule has 1 amide bonds. The Bertz CT molecular complexity index is 1140. The smallest absolute Gasteiger partial charge is 0.273 e. The van der Waals surface area contributed by atoms with E-state index >= 15 is 0 Å². The number of likely N-dealkylation sites (N-methyl/N-ethyl adjacent to an activating group) is 1. The van der Waals surface area contributed by atoms with Gasteiger partial charge in [-0.15, -0.1) is 0 Å². The van der Waals surface area contributed by atoms with Crippen molar-refractivity contribution in [3.63, 3.8) is 0 Å². The zero-order valence-corrected chi connectivity index (χ0v) is 18.7. The van der Waals surface area contributed by atoms with E-state index in [0.717, 1.165) is 37.9 Å². The van der Waals surface area contributed by atoms with Gasteiger partial charge >= 0.3 is 0 Å². The van der Waals surface area contributed by atoms with Gasteiger partial charge in [0.05, 0.1) is 5.69 Å². The van der Waals surface area contributed by atoms with E-state index in [-0.39, 0.29) is 17.8 Å². The first-order valence-electron chi connectivity index (χ1n) is 9.52. The van der Waals surface area contributed by atoms with Crippen molar-refractivity contribution >= 4 is 54.3 Å². The largest absolute Gasteiger partial charge is 0.345 e. The Morgan fingerprint density at radius 1 is 1.30 bits per heavy atom. The Labute approximate surface area is 184 Å². The molecule has 1 fully saturated rings. The Morgan fingerprint density at radius 3 is 2.77 bits per heavy atom. The molecule has 4 rings (SSSR count). The highest BCUT2D eigenvalue weighted by Crippen LogP contribution is 2.26. The topological polar surface area (TPSA) is 83.4 Å². The first-order valence-corrected chi connectivity index (χ1v) is 11.1. The molecule has 2 aromatic heterocycles. The van der Waals surface area contributed by atoms with Gasteiger partial charge in [-0.2, -0.15) is 4.98 Å². The van der Waals surface area contributed by atoms with Crippen LogP contribution >= 0.6 is 27.3 Å². The number of piperazine rings is 1. The Kier molecular flexibility index (Phi) is 6.11. The molecular formula is C19H20BrFN6O2S. The number of thiazole rings is 1. The average molecular weight is 495 g/mol. The van der Waals surface area contributed by atoms with Crippen molar-refractivity contribution in [2.45, 2.75) is 13.5 Å². The normalized spacial score (nSPS) is 15.0. The van der Waals surface area contributed by atoms with Crippen LogP contribution in [0.1, 0.15) is 6.92 Å². The van der Waals surface area contributed by atoms with Crippen LogP contribution < -0.4 is 15.8 Å². The number of aromatic nitrogens is 3. The van der Waals surface area contributed by atoms with E-state index in [1.807, 2.05) is 0 Å². The maximum atomic E-state index is 13.9. The van der Waals surface area contributed by atoms with Crippen molar-refractivity contribution in [1.82, 2.24) is 19.4 Å². The molecule has 30 heavy (non-hydrogen) atoms. The van der Waals surface area contributed by atoms with Gasteiger partial charge < -0.3 is 15.1 Å². The molecule has 1 aliphatic heterocycles. The molecule has 8 nitrogen and oxygen atoms in total. The van der Waals surface area contributed by atoms with E-state index < -0.39 is 11.7 Å². The highest BCUT2D eigenvalue weighted by atomic mass is 79.9. The van der Waals surface area contributed by atoms with Crippen molar-refractivity contribution in [3.8, 4) is 0 Å². The highest BCUT2D eigenvalue weighted by Gasteiger charge is 2.21. The van der Waals surface area contributed by atoms with Crippen LogP contribution in [0.3, 0.4) is 0 Å². The second-order valence-electron chi connectivity index (χ2n) is 6.92. The summed E-state index contributed by atoms with van der Waals surface area (Å²) in [5.41, 5.74) is 0.104. The first kappa shape index (κ1) is 20.9. The van der Waals surface area contributed by atoms with Crippen LogP contribution in [0.4, 0.5) is 15.2 Å². The average Bonchev–Trinajstić information content (AvgIpc) is 3.17. The first-order chi connectivity index (χ1) is 14.4. The number of hydrogen-bond acceptors (Lipinski definition) is 7. The third kappa shape index (κ3) is 4.37. The fourth-order valence-corrected chi connectivity index (χ4v) is 4.63. The molecule has 0 unspecified atom stereocenters. The monoisotopic (exact) mass is 494 g/mol. The lowest BCUT2D eigenvalue weighted by Crippen LogP contribution is -2.46. The van der Waals surface area contributed by atoms with Crippen LogP contribution in [0, 0.1) is 5.82 Å². The number of fused-ring (bicyclic) bond motifs is 1. The fourth-order valence-electron chi connectivity index (χ4n) is 3.27. The lowest BCUT2D eigenvalue weighted by molar-refractivity contribution is -0.116. The lowest BCUT2D eigenvalue weighted by atomic mass is 10.3. The van der Waals surface area contributed by atoms with Crippen molar-refractivity contribution in [2.75, 3.05) is 42.9 Å². The van der Waals surface area contributed by atoms with E-state index in [9.17, 15) is 14.0 Å². The molecule has 0 saturated carbocycles. The standard InChI is InChI=1S/C19H20BrFN6O2S/c1-2-25-5-7-26(8-6-25)19-24-17-16(30-19)18(29)27(11-22-17)10-15(28)23-14-4-3-12(20)9-13(14)21/h3-4,9,11H,2,5-8,10H2,1H3,(H,23,28). The van der Waals surface area contributed by atoms with Gasteiger partial charge in [0.1, 0.15) is 23.4 Å². The Hall–Kier alpha value is -2.37. The van der Waals surface area contributed by atoms with E-state index in [0.29, 0.717) is 14.8 Å². The zero-order valence-electron chi connectivity index (χ0n) is 16.3. The quantitative estimate of drug-likeness (QED) is 0.586. The summed E-state index contributed by atoms with van der Waals surface area (Å²) >= 11 is 4.46. The summed E-state index contributed by atoms with van der Waals surface area (Å²) in [5, 5.41) is 3.25. The van der Waals surface area contributed by atoms with E-state index in [4.69, 9.17) is 0 Å². The molecule has 158 valence electrons. The predicted octanol–water partition coefficient (Wildman–Crippen LogP) is 2.54. The van der Waals surface area contributed by atoms with Crippen LogP contribution in [-0.4, -0.2) is 58.1 Å². The molecule has 11 heteroatoms. The minimum Gasteiger partial charge on any atom is -0.345 e. The summed E-state index contributed by atoms with van der Waals surface area (Å²) in [6.45, 7) is 6.51. The summed E-state index contributed by atoms with van der Waals surface area (Å²) < 4.78 is 16.1. The molecule has 0 aliphatic carbocycles.